The Labute approximate surface area is 383 Å². The molecule has 0 N–H and O–H groups in total. The van der Waals surface area contributed by atoms with Gasteiger partial charge in [-0.25, -0.2) is 18.3 Å². The second-order valence-corrected chi connectivity index (χ2v) is 19.7. The van der Waals surface area contributed by atoms with E-state index in [-0.39, 0.29) is 11.1 Å². The second kappa shape index (κ2) is 20.6. The Bertz CT molecular complexity index is 2230. The van der Waals surface area contributed by atoms with Gasteiger partial charge in [-0.15, -0.1) is 0 Å². The number of benzene rings is 4. The van der Waals surface area contributed by atoms with Gasteiger partial charge in [-0.3, -0.25) is 0 Å². The molecule has 64 heavy (non-hydrogen) atoms. The van der Waals surface area contributed by atoms with Gasteiger partial charge in [0.25, 0.3) is 0 Å². The lowest BCUT2D eigenvalue weighted by Crippen LogP contribution is -2.33. The average molecular weight is 867 g/mol. The molecule has 0 saturated heterocycles. The van der Waals surface area contributed by atoms with Gasteiger partial charge in [0.15, 0.2) is 0 Å². The molecular formula is C56H74N4O4+2. The quantitative estimate of drug-likeness (QED) is 0.0908. The van der Waals surface area contributed by atoms with E-state index in [1.54, 1.807) is 0 Å². The van der Waals surface area contributed by atoms with Crippen molar-refractivity contribution in [3.8, 4) is 23.0 Å². The average Bonchev–Trinajstić information content (AvgIpc) is 3.93. The molecule has 2 heterocycles. The second-order valence-electron chi connectivity index (χ2n) is 19.7. The smallest absolute Gasteiger partial charge is 0.244 e. The van der Waals surface area contributed by atoms with E-state index in [0.29, 0.717) is 52.1 Å². The Morgan fingerprint density at radius 2 is 0.719 bits per heavy atom. The molecule has 0 saturated carbocycles. The van der Waals surface area contributed by atoms with Crippen LogP contribution in [0.1, 0.15) is 151 Å². The number of rotatable bonds is 16. The molecule has 6 aromatic rings. The Balaban J connectivity index is 1.46. The van der Waals surface area contributed by atoms with Crippen LogP contribution in [0.5, 0.6) is 23.0 Å². The summed E-state index contributed by atoms with van der Waals surface area (Å²) in [5, 5.41) is 0. The van der Waals surface area contributed by atoms with Crippen molar-refractivity contribution >= 4 is 0 Å². The number of nitrogens with zero attached hydrogens (tertiary/aromatic N) is 4. The number of hydrogen-bond donors (Lipinski definition) is 0. The van der Waals surface area contributed by atoms with Crippen LogP contribution < -0.4 is 28.1 Å². The zero-order chi connectivity index (χ0) is 45.4. The predicted octanol–water partition coefficient (Wildman–Crippen LogP) is 11.3. The van der Waals surface area contributed by atoms with Crippen LogP contribution in [0.15, 0.2) is 98.1 Å². The molecule has 1 aliphatic carbocycles. The molecular weight excluding hydrogens is 793 g/mol. The molecule has 0 aliphatic heterocycles. The van der Waals surface area contributed by atoms with Crippen molar-refractivity contribution in [1.29, 1.82) is 0 Å². The predicted molar refractivity (Wildman–Crippen MR) is 258 cm³/mol. The highest BCUT2D eigenvalue weighted by Gasteiger charge is 2.26. The van der Waals surface area contributed by atoms with Crippen LogP contribution in [0.3, 0.4) is 0 Å². The van der Waals surface area contributed by atoms with E-state index in [2.05, 4.69) is 186 Å². The highest BCUT2D eigenvalue weighted by atomic mass is 16.5. The molecule has 4 aromatic carbocycles. The summed E-state index contributed by atoms with van der Waals surface area (Å²) in [6.07, 6.45) is 19.5. The van der Waals surface area contributed by atoms with Crippen molar-refractivity contribution < 1.29 is 28.1 Å². The molecule has 0 atom stereocenters. The third-order valence-corrected chi connectivity index (χ3v) is 11.9. The summed E-state index contributed by atoms with van der Waals surface area (Å²) in [7, 11) is 0. The summed E-state index contributed by atoms with van der Waals surface area (Å²) in [5.41, 5.74) is 11.8. The Hall–Kier alpha value is -5.50. The minimum Gasteiger partial charge on any atom is -0.493 e. The first kappa shape index (κ1) is 46.5. The van der Waals surface area contributed by atoms with E-state index in [1.165, 1.54) is 33.4 Å². The van der Waals surface area contributed by atoms with E-state index < -0.39 is 0 Å². The summed E-state index contributed by atoms with van der Waals surface area (Å²) < 4.78 is 36.5. The number of aromatic nitrogens is 4. The molecule has 0 unspecified atom stereocenters. The summed E-state index contributed by atoms with van der Waals surface area (Å²) in [6, 6.07) is 22.9. The first-order chi connectivity index (χ1) is 30.8. The van der Waals surface area contributed by atoms with Gasteiger partial charge in [0.1, 0.15) is 72.0 Å². The highest BCUT2D eigenvalue weighted by Crippen LogP contribution is 2.40. The third-order valence-electron chi connectivity index (χ3n) is 11.9. The van der Waals surface area contributed by atoms with Gasteiger partial charge < -0.3 is 18.9 Å². The van der Waals surface area contributed by atoms with Crippen LogP contribution in [-0.4, -0.2) is 35.6 Å². The highest BCUT2D eigenvalue weighted by molar-refractivity contribution is 5.57. The number of imidazole rings is 2. The summed E-state index contributed by atoms with van der Waals surface area (Å²) >= 11 is 0. The molecule has 7 rings (SSSR count). The normalized spacial score (nSPS) is 12.9. The minimum atomic E-state index is -0.00940. The zero-order valence-corrected chi connectivity index (χ0v) is 40.6. The van der Waals surface area contributed by atoms with Crippen LogP contribution in [0.2, 0.25) is 0 Å². The van der Waals surface area contributed by atoms with Gasteiger partial charge in [-0.1, -0.05) is 64.1 Å². The molecule has 8 bridgehead atoms. The van der Waals surface area contributed by atoms with Gasteiger partial charge in [-0.2, -0.15) is 0 Å². The lowest BCUT2D eigenvalue weighted by Gasteiger charge is -2.23. The van der Waals surface area contributed by atoms with Gasteiger partial charge in [0.05, 0.1) is 26.4 Å². The van der Waals surface area contributed by atoms with Crippen molar-refractivity contribution in [3.05, 3.63) is 154 Å². The Morgan fingerprint density at radius 1 is 0.438 bits per heavy atom. The first-order valence-corrected chi connectivity index (χ1v) is 23.9. The molecule has 0 radical (unpaired) electrons. The molecule has 8 heteroatoms. The monoisotopic (exact) mass is 867 g/mol. The fraction of sp³-hybridized carbons (Fsp3) is 0.464. The van der Waals surface area contributed by atoms with Gasteiger partial charge in [0, 0.05) is 25.7 Å². The van der Waals surface area contributed by atoms with Crippen LogP contribution in [0.4, 0.5) is 0 Å². The van der Waals surface area contributed by atoms with Crippen LogP contribution >= 0.6 is 0 Å². The van der Waals surface area contributed by atoms with Gasteiger partial charge in [0.2, 0.25) is 12.7 Å². The van der Waals surface area contributed by atoms with Crippen molar-refractivity contribution in [1.82, 2.24) is 9.13 Å². The number of para-hydroxylation sites is 2. The Morgan fingerprint density at radius 3 is 0.969 bits per heavy atom. The lowest BCUT2D eigenvalue weighted by molar-refractivity contribution is -0.688. The number of hydrogen-bond acceptors (Lipinski definition) is 4. The van der Waals surface area contributed by atoms with E-state index >= 15 is 0 Å². The van der Waals surface area contributed by atoms with E-state index in [4.69, 9.17) is 18.9 Å². The van der Waals surface area contributed by atoms with Crippen LogP contribution in [0.25, 0.3) is 0 Å². The number of fused-ring (bicyclic) bond motifs is 8. The molecule has 340 valence electrons. The summed E-state index contributed by atoms with van der Waals surface area (Å²) in [4.78, 5) is 0. The molecule has 8 nitrogen and oxygen atoms in total. The summed E-state index contributed by atoms with van der Waals surface area (Å²) in [6.45, 7) is 26.2. The topological polar surface area (TPSA) is 54.5 Å². The van der Waals surface area contributed by atoms with E-state index in [0.717, 1.165) is 84.0 Å². The van der Waals surface area contributed by atoms with Gasteiger partial charge >= 0.3 is 0 Å². The molecule has 0 fully saturated rings. The fourth-order valence-electron chi connectivity index (χ4n) is 8.76. The number of ether oxygens (including phenoxy) is 4. The third kappa shape index (κ3) is 11.2. The first-order valence-electron chi connectivity index (χ1n) is 23.9. The molecule has 0 spiro atoms. The Kier molecular flexibility index (Phi) is 14.9. The maximum absolute atomic E-state index is 6.86. The van der Waals surface area contributed by atoms with E-state index in [9.17, 15) is 0 Å². The summed E-state index contributed by atoms with van der Waals surface area (Å²) in [5.74, 6) is 3.87. The van der Waals surface area contributed by atoms with Gasteiger partial charge in [-0.05, 0) is 147 Å². The van der Waals surface area contributed by atoms with Crippen LogP contribution in [-0.2, 0) is 49.9 Å². The SMILES string of the molecule is CCCOc1c2cccc1Cc1cc(C[n+]3ccn(C(C)(C)C)c3)cc(c1OCCC)Cc1cccc(c1OCCC)Cc1cc(C[n+]3ccn(C(C)(C)C)c3)cc(c1OCCC)C2. The zero-order valence-electron chi connectivity index (χ0n) is 40.6. The fourth-order valence-corrected chi connectivity index (χ4v) is 8.76. The molecule has 0 amide bonds. The maximum atomic E-state index is 6.86. The largest absolute Gasteiger partial charge is 0.493 e. The molecule has 1 aliphatic rings. The minimum absolute atomic E-state index is 0.00940. The standard InChI is InChI=1S/C56H74N4O4/c1-11-25-61-51-43-17-15-18-44(51)34-48-30-42(38-58-22-24-60(40-58)56(8,9)10)32-50(54(48)64-28-14-4)36-46-20-16-19-45(52(46)62-26-12-2)35-49-31-41(29-47(33-43)53(49)63-27-13-3)37-57-21-23-59(39-57)55(5,6)7/h15-24,29-32,39-40H,11-14,25-28,33-38H2,1-10H3/q+2. The molecule has 2 aromatic heterocycles. The lowest BCUT2D eigenvalue weighted by atomic mass is 9.89. The van der Waals surface area contributed by atoms with Crippen molar-refractivity contribution in [2.45, 2.75) is 145 Å². The van der Waals surface area contributed by atoms with Crippen LogP contribution in [0, 0.1) is 0 Å². The van der Waals surface area contributed by atoms with Crippen molar-refractivity contribution in [2.24, 2.45) is 0 Å². The van der Waals surface area contributed by atoms with E-state index in [1.807, 2.05) is 0 Å². The maximum Gasteiger partial charge on any atom is 0.244 e. The van der Waals surface area contributed by atoms with Crippen molar-refractivity contribution in [2.75, 3.05) is 26.4 Å². The van der Waals surface area contributed by atoms with Crippen molar-refractivity contribution in [3.63, 3.8) is 0 Å².